The van der Waals surface area contributed by atoms with Crippen LogP contribution in [-0.2, 0) is 37.7 Å². The van der Waals surface area contributed by atoms with Crippen molar-refractivity contribution in [1.82, 2.24) is 0 Å². The predicted octanol–water partition coefficient (Wildman–Crippen LogP) is -3.01. The fraction of sp³-hybridized carbons (Fsp3) is 1.00. The van der Waals surface area contributed by atoms with Crippen LogP contribution in [0.3, 0.4) is 0 Å². The van der Waals surface area contributed by atoms with Crippen LogP contribution in [0.4, 0.5) is 0 Å². The van der Waals surface area contributed by atoms with E-state index >= 15 is 0 Å². The average molecular weight is 379 g/mol. The van der Waals surface area contributed by atoms with Crippen LogP contribution in [-0.4, -0.2) is 70.9 Å². The van der Waals surface area contributed by atoms with Crippen LogP contribution in [0.2, 0.25) is 13.1 Å². The largest absolute Gasteiger partial charge is 0.468 e. The van der Waals surface area contributed by atoms with Crippen LogP contribution in [0.1, 0.15) is 0 Å². The molecular formula is C4H18O9Si6. The lowest BCUT2D eigenvalue weighted by Crippen LogP contribution is -2.56. The van der Waals surface area contributed by atoms with Crippen LogP contribution in [0.15, 0.2) is 0 Å². The Labute approximate surface area is 122 Å². The van der Waals surface area contributed by atoms with Gasteiger partial charge in [0.25, 0.3) is 0 Å². The minimum Gasteiger partial charge on any atom is -0.420 e. The van der Waals surface area contributed by atoms with E-state index in [0.29, 0.717) is 0 Å². The summed E-state index contributed by atoms with van der Waals surface area (Å²) in [5, 5.41) is 0. The van der Waals surface area contributed by atoms with Crippen molar-refractivity contribution in [2.75, 3.05) is 14.2 Å². The summed E-state index contributed by atoms with van der Waals surface area (Å²) in [6.07, 6.45) is 0. The number of hydrogen-bond acceptors (Lipinski definition) is 9. The molecule has 0 aliphatic carbocycles. The van der Waals surface area contributed by atoms with E-state index in [4.69, 9.17) is 37.7 Å². The molecular weight excluding hydrogens is 361 g/mol. The SMILES string of the molecule is CO[SiH]1O[SiH](OC)O[SiH]2O[SiH](C)O[SiH](C)O[SiH](O1)O2. The third-order valence-corrected chi connectivity index (χ3v) is 18.1. The van der Waals surface area contributed by atoms with Gasteiger partial charge >= 0.3 is 56.7 Å². The van der Waals surface area contributed by atoms with E-state index in [-0.39, 0.29) is 0 Å². The minimum absolute atomic E-state index is 1.52. The van der Waals surface area contributed by atoms with Gasteiger partial charge in [-0.1, -0.05) is 0 Å². The summed E-state index contributed by atoms with van der Waals surface area (Å²) >= 11 is 0. The van der Waals surface area contributed by atoms with Crippen molar-refractivity contribution < 1.29 is 37.7 Å². The Morgan fingerprint density at radius 1 is 0.579 bits per heavy atom. The van der Waals surface area contributed by atoms with Gasteiger partial charge in [0.1, 0.15) is 0 Å². The summed E-state index contributed by atoms with van der Waals surface area (Å²) in [6, 6.07) is 0. The summed E-state index contributed by atoms with van der Waals surface area (Å²) in [5.74, 6) is 0. The zero-order chi connectivity index (χ0) is 13.8. The molecule has 0 N–H and O–H groups in total. The fourth-order valence-corrected chi connectivity index (χ4v) is 19.2. The molecule has 2 fully saturated rings. The zero-order valence-corrected chi connectivity index (χ0v) is 18.1. The minimum atomic E-state index is -2.37. The van der Waals surface area contributed by atoms with Gasteiger partial charge in [0.2, 0.25) is 0 Å². The van der Waals surface area contributed by atoms with E-state index in [2.05, 4.69) is 0 Å². The molecule has 0 aromatic heterocycles. The third kappa shape index (κ3) is 5.01. The number of rotatable bonds is 2. The van der Waals surface area contributed by atoms with E-state index in [1.54, 1.807) is 0 Å². The quantitative estimate of drug-likeness (QED) is 0.467. The molecule has 6 unspecified atom stereocenters. The first-order valence-corrected chi connectivity index (χ1v) is 15.6. The fourth-order valence-electron chi connectivity index (χ4n) is 1.49. The Morgan fingerprint density at radius 3 is 1.47 bits per heavy atom. The molecule has 19 heavy (non-hydrogen) atoms. The standard InChI is InChI=1S/C4H18O9Si6/c1-5-16-10-17(6-2)12-19-9-15(4)7-14(3)8-18(11-16)13-19/h14-19H,1-4H3. The van der Waals surface area contributed by atoms with Crippen molar-refractivity contribution in [3.05, 3.63) is 0 Å². The molecule has 6 atom stereocenters. The molecule has 0 aromatic carbocycles. The number of hydrogen-bond donors (Lipinski definition) is 0. The lowest BCUT2D eigenvalue weighted by atomic mass is 11.8. The van der Waals surface area contributed by atoms with Gasteiger partial charge in [0.05, 0.1) is 0 Å². The first-order valence-electron chi connectivity index (χ1n) is 5.74. The lowest BCUT2D eigenvalue weighted by molar-refractivity contribution is 0.107. The maximum absolute atomic E-state index is 5.74. The highest BCUT2D eigenvalue weighted by molar-refractivity contribution is 6.74. The Kier molecular flexibility index (Phi) is 6.71. The molecule has 112 valence electrons. The average Bonchev–Trinajstić information content (AvgIpc) is 2.31. The Bertz CT molecular complexity index is 261. The van der Waals surface area contributed by atoms with Crippen LogP contribution < -0.4 is 0 Å². The van der Waals surface area contributed by atoms with E-state index in [1.165, 1.54) is 14.2 Å². The highest BCUT2D eigenvalue weighted by Crippen LogP contribution is 2.14. The molecule has 2 rings (SSSR count). The highest BCUT2D eigenvalue weighted by atomic mass is 28.5. The van der Waals surface area contributed by atoms with Gasteiger partial charge in [0, 0.05) is 14.2 Å². The van der Waals surface area contributed by atoms with E-state index in [0.717, 1.165) is 0 Å². The molecule has 0 radical (unpaired) electrons. The smallest absolute Gasteiger partial charge is 0.420 e. The van der Waals surface area contributed by atoms with Crippen LogP contribution in [0, 0.1) is 0 Å². The summed E-state index contributed by atoms with van der Waals surface area (Å²) in [5.41, 5.74) is 0. The molecule has 0 amide bonds. The molecule has 0 saturated carbocycles. The first kappa shape index (κ1) is 16.3. The van der Waals surface area contributed by atoms with E-state index < -0.39 is 56.7 Å². The van der Waals surface area contributed by atoms with Crippen LogP contribution in [0.5, 0.6) is 0 Å². The van der Waals surface area contributed by atoms with Gasteiger partial charge in [-0.25, -0.2) is 0 Å². The second kappa shape index (κ2) is 7.81. The van der Waals surface area contributed by atoms with Crippen molar-refractivity contribution >= 4 is 56.7 Å². The summed E-state index contributed by atoms with van der Waals surface area (Å²) in [4.78, 5) is 0. The Hall–Kier alpha value is 0.941. The molecule has 2 bridgehead atoms. The normalized spacial score (nSPS) is 44.8. The zero-order valence-electron chi connectivity index (χ0n) is 11.1. The van der Waals surface area contributed by atoms with Crippen molar-refractivity contribution in [2.24, 2.45) is 0 Å². The van der Waals surface area contributed by atoms with E-state index in [9.17, 15) is 0 Å². The molecule has 2 aliphatic heterocycles. The van der Waals surface area contributed by atoms with Crippen molar-refractivity contribution in [1.29, 1.82) is 0 Å². The van der Waals surface area contributed by atoms with Gasteiger partial charge in [0.15, 0.2) is 0 Å². The van der Waals surface area contributed by atoms with Crippen molar-refractivity contribution in [3.63, 3.8) is 0 Å². The maximum Gasteiger partial charge on any atom is 0.468 e. The van der Waals surface area contributed by atoms with Gasteiger partial charge in [-0.2, -0.15) is 0 Å². The monoisotopic (exact) mass is 378 g/mol. The maximum atomic E-state index is 5.74. The third-order valence-electron chi connectivity index (χ3n) is 2.26. The molecule has 2 heterocycles. The van der Waals surface area contributed by atoms with Gasteiger partial charge in [-0.05, 0) is 13.1 Å². The van der Waals surface area contributed by atoms with Crippen molar-refractivity contribution in [3.8, 4) is 0 Å². The summed E-state index contributed by atoms with van der Waals surface area (Å²) in [6.45, 7) is 3.84. The molecule has 2 aliphatic rings. The second-order valence-corrected chi connectivity index (χ2v) is 16.9. The number of fused-ring (bicyclic) bond motifs is 2. The molecule has 0 spiro atoms. The first-order chi connectivity index (χ1) is 9.10. The van der Waals surface area contributed by atoms with Gasteiger partial charge in [-0.3, -0.25) is 0 Å². The summed E-state index contributed by atoms with van der Waals surface area (Å²) in [7, 11) is -9.94. The Balaban J connectivity index is 2.07. The molecule has 2 saturated heterocycles. The molecule has 9 nitrogen and oxygen atoms in total. The molecule has 15 heteroatoms. The lowest BCUT2D eigenvalue weighted by Gasteiger charge is -2.35. The Morgan fingerprint density at radius 2 is 1.05 bits per heavy atom. The van der Waals surface area contributed by atoms with Crippen LogP contribution in [0.25, 0.3) is 0 Å². The predicted molar refractivity (Wildman–Crippen MR) is 76.2 cm³/mol. The summed E-state index contributed by atoms with van der Waals surface area (Å²) < 4.78 is 50.3. The van der Waals surface area contributed by atoms with E-state index in [1.807, 2.05) is 13.1 Å². The highest BCUT2D eigenvalue weighted by Gasteiger charge is 2.41. The van der Waals surface area contributed by atoms with Gasteiger partial charge in [-0.15, -0.1) is 0 Å². The van der Waals surface area contributed by atoms with Gasteiger partial charge < -0.3 is 37.7 Å². The second-order valence-electron chi connectivity index (χ2n) is 3.71. The topological polar surface area (TPSA) is 83.1 Å². The van der Waals surface area contributed by atoms with Crippen molar-refractivity contribution in [2.45, 2.75) is 13.1 Å². The van der Waals surface area contributed by atoms with Crippen LogP contribution >= 0.6 is 0 Å². The molecule has 0 aromatic rings.